The van der Waals surface area contributed by atoms with E-state index in [2.05, 4.69) is 10.3 Å². The van der Waals surface area contributed by atoms with Crippen LogP contribution in [-0.2, 0) is 0 Å². The molecule has 0 saturated carbocycles. The summed E-state index contributed by atoms with van der Waals surface area (Å²) in [6.45, 7) is 2.67. The summed E-state index contributed by atoms with van der Waals surface area (Å²) in [5.41, 5.74) is 1.71. The molecule has 3 rings (SSSR count). The predicted octanol–water partition coefficient (Wildman–Crippen LogP) is 2.79. The maximum absolute atomic E-state index is 12.8. The fraction of sp³-hybridized carbons (Fsp3) is 0.412. The van der Waals surface area contributed by atoms with Crippen molar-refractivity contribution in [1.29, 1.82) is 0 Å². The first-order valence-corrected chi connectivity index (χ1v) is 7.80. The molecule has 1 unspecified atom stereocenters. The van der Waals surface area contributed by atoms with Crippen LogP contribution < -0.4 is 5.32 Å². The largest absolute Gasteiger partial charge is 0.338 e. The Labute approximate surface area is 155 Å². The number of aromatic nitrogens is 2. The summed E-state index contributed by atoms with van der Waals surface area (Å²) in [4.78, 5) is 18.8. The molecule has 1 amide bonds. The first kappa shape index (κ1) is 20.5. The molecule has 132 valence electrons. The summed E-state index contributed by atoms with van der Waals surface area (Å²) in [5.74, 6) is 0.683. The maximum atomic E-state index is 12.8. The van der Waals surface area contributed by atoms with Crippen molar-refractivity contribution >= 4 is 30.7 Å². The minimum atomic E-state index is 0. The first-order valence-electron chi connectivity index (χ1n) is 7.80. The second-order valence-corrected chi connectivity index (χ2v) is 5.84. The van der Waals surface area contributed by atoms with Crippen LogP contribution in [0.25, 0.3) is 5.69 Å². The monoisotopic (exact) mass is 370 g/mol. The maximum Gasteiger partial charge on any atom is 0.253 e. The molecule has 0 spiro atoms. The molecule has 2 aromatic rings. The zero-order chi connectivity index (χ0) is 15.4. The Bertz CT molecular complexity index is 631. The highest BCUT2D eigenvalue weighted by atomic mass is 35.5. The number of nitrogens with zero attached hydrogens (tertiary/aromatic N) is 3. The lowest BCUT2D eigenvalue weighted by molar-refractivity contribution is 0.0674. The summed E-state index contributed by atoms with van der Waals surface area (Å²) in [6, 6.07) is 7.74. The Morgan fingerprint density at radius 3 is 2.92 bits per heavy atom. The van der Waals surface area contributed by atoms with Crippen molar-refractivity contribution in [2.75, 3.05) is 26.7 Å². The smallest absolute Gasteiger partial charge is 0.253 e. The minimum Gasteiger partial charge on any atom is -0.338 e. The van der Waals surface area contributed by atoms with E-state index in [0.717, 1.165) is 37.3 Å². The van der Waals surface area contributed by atoms with E-state index in [-0.39, 0.29) is 30.7 Å². The summed E-state index contributed by atoms with van der Waals surface area (Å²) in [7, 11) is 1.97. The van der Waals surface area contributed by atoms with Gasteiger partial charge in [-0.15, -0.1) is 24.8 Å². The number of rotatable bonds is 4. The zero-order valence-electron chi connectivity index (χ0n) is 13.7. The molecule has 1 aliphatic rings. The van der Waals surface area contributed by atoms with E-state index in [1.54, 1.807) is 12.5 Å². The zero-order valence-corrected chi connectivity index (χ0v) is 15.4. The van der Waals surface area contributed by atoms with Crippen LogP contribution in [0.2, 0.25) is 0 Å². The highest BCUT2D eigenvalue weighted by Gasteiger charge is 2.24. The van der Waals surface area contributed by atoms with Gasteiger partial charge in [0, 0.05) is 36.7 Å². The van der Waals surface area contributed by atoms with Gasteiger partial charge in [-0.3, -0.25) is 4.79 Å². The summed E-state index contributed by atoms with van der Waals surface area (Å²) < 4.78 is 1.91. The van der Waals surface area contributed by atoms with Gasteiger partial charge in [-0.2, -0.15) is 0 Å². The van der Waals surface area contributed by atoms with Gasteiger partial charge in [-0.25, -0.2) is 4.98 Å². The van der Waals surface area contributed by atoms with E-state index >= 15 is 0 Å². The van der Waals surface area contributed by atoms with E-state index in [1.165, 1.54) is 6.42 Å². The van der Waals surface area contributed by atoms with Gasteiger partial charge in [0.05, 0.1) is 6.33 Å². The predicted molar refractivity (Wildman–Crippen MR) is 101 cm³/mol. The van der Waals surface area contributed by atoms with Crippen molar-refractivity contribution in [2.45, 2.75) is 12.8 Å². The summed E-state index contributed by atoms with van der Waals surface area (Å²) in [6.07, 6.45) is 7.64. The lowest BCUT2D eigenvalue weighted by Crippen LogP contribution is -2.42. The topological polar surface area (TPSA) is 50.2 Å². The molecule has 1 fully saturated rings. The molecule has 1 atom stereocenters. The standard InChI is InChI=1S/C17H22N4O.2ClH/c1-18-11-14-4-3-8-20(12-14)17(22)15-5-2-6-16(10-15)21-9-7-19-13-21;;/h2,5-7,9-10,13-14,18H,3-4,8,11-12H2,1H3;2*1H. The molecule has 0 radical (unpaired) electrons. The Morgan fingerprint density at radius 1 is 1.38 bits per heavy atom. The number of imidazole rings is 1. The molecule has 1 N–H and O–H groups in total. The van der Waals surface area contributed by atoms with Gasteiger partial charge < -0.3 is 14.8 Å². The van der Waals surface area contributed by atoms with Crippen LogP contribution in [0.3, 0.4) is 0 Å². The van der Waals surface area contributed by atoms with Crippen molar-refractivity contribution in [3.05, 3.63) is 48.5 Å². The highest BCUT2D eigenvalue weighted by Crippen LogP contribution is 2.19. The number of benzene rings is 1. The second kappa shape index (κ2) is 9.67. The van der Waals surface area contributed by atoms with Crippen LogP contribution in [0.1, 0.15) is 23.2 Å². The molecule has 1 aromatic carbocycles. The fourth-order valence-corrected chi connectivity index (χ4v) is 3.10. The van der Waals surface area contributed by atoms with E-state index < -0.39 is 0 Å². The molecule has 1 saturated heterocycles. The third-order valence-electron chi connectivity index (χ3n) is 4.19. The quantitative estimate of drug-likeness (QED) is 0.899. The van der Waals surface area contributed by atoms with Gasteiger partial charge in [-0.05, 0) is 50.6 Å². The van der Waals surface area contributed by atoms with Crippen molar-refractivity contribution in [3.63, 3.8) is 0 Å². The molecule has 2 heterocycles. The van der Waals surface area contributed by atoms with Crippen molar-refractivity contribution < 1.29 is 4.79 Å². The molecule has 1 aromatic heterocycles. The van der Waals surface area contributed by atoms with Crippen molar-refractivity contribution in [3.8, 4) is 5.69 Å². The first-order chi connectivity index (χ1) is 10.8. The van der Waals surface area contributed by atoms with Crippen molar-refractivity contribution in [2.24, 2.45) is 5.92 Å². The van der Waals surface area contributed by atoms with E-state index in [9.17, 15) is 4.79 Å². The molecule has 5 nitrogen and oxygen atoms in total. The van der Waals surface area contributed by atoms with Crippen LogP contribution >= 0.6 is 24.8 Å². The summed E-state index contributed by atoms with van der Waals surface area (Å²) >= 11 is 0. The van der Waals surface area contributed by atoms with Crippen LogP contribution in [0, 0.1) is 5.92 Å². The van der Waals surface area contributed by atoms with Gasteiger partial charge >= 0.3 is 0 Å². The Hall–Kier alpha value is -1.56. The summed E-state index contributed by atoms with van der Waals surface area (Å²) in [5, 5.41) is 3.22. The number of piperidine rings is 1. The van der Waals surface area contributed by atoms with Gasteiger partial charge in [0.1, 0.15) is 0 Å². The third kappa shape index (κ3) is 4.72. The normalized spacial score (nSPS) is 16.9. The molecule has 7 heteroatoms. The number of nitrogens with one attached hydrogen (secondary N) is 1. The van der Waals surface area contributed by atoms with Gasteiger partial charge in [0.2, 0.25) is 0 Å². The Kier molecular flexibility index (Phi) is 8.25. The van der Waals surface area contributed by atoms with Crippen LogP contribution in [0.4, 0.5) is 0 Å². The molecule has 0 aliphatic carbocycles. The van der Waals surface area contributed by atoms with Crippen LogP contribution in [-0.4, -0.2) is 47.0 Å². The molecular formula is C17H24Cl2N4O. The third-order valence-corrected chi connectivity index (χ3v) is 4.19. The minimum absolute atomic E-state index is 0. The number of likely N-dealkylation sites (tertiary alicyclic amines) is 1. The lowest BCUT2D eigenvalue weighted by atomic mass is 9.97. The molecule has 1 aliphatic heterocycles. The van der Waals surface area contributed by atoms with E-state index in [1.807, 2.05) is 47.0 Å². The molecular weight excluding hydrogens is 347 g/mol. The number of carbonyl (C=O) groups is 1. The highest BCUT2D eigenvalue weighted by molar-refractivity contribution is 5.94. The Balaban J connectivity index is 0.00000144. The number of hydrogen-bond donors (Lipinski definition) is 1. The van der Waals surface area contributed by atoms with Gasteiger partial charge in [0.15, 0.2) is 0 Å². The molecule has 24 heavy (non-hydrogen) atoms. The average molecular weight is 371 g/mol. The number of amides is 1. The second-order valence-electron chi connectivity index (χ2n) is 5.84. The van der Waals surface area contributed by atoms with E-state index in [0.29, 0.717) is 5.92 Å². The lowest BCUT2D eigenvalue weighted by Gasteiger charge is -2.32. The van der Waals surface area contributed by atoms with Crippen molar-refractivity contribution in [1.82, 2.24) is 19.8 Å². The molecule has 0 bridgehead atoms. The Morgan fingerprint density at radius 2 is 2.21 bits per heavy atom. The number of carbonyl (C=O) groups excluding carboxylic acids is 1. The van der Waals surface area contributed by atoms with E-state index in [4.69, 9.17) is 0 Å². The fourth-order valence-electron chi connectivity index (χ4n) is 3.10. The average Bonchev–Trinajstić information content (AvgIpc) is 3.09. The SMILES string of the molecule is CNCC1CCCN(C(=O)c2cccc(-n3ccnc3)c2)C1.Cl.Cl. The number of hydrogen-bond acceptors (Lipinski definition) is 3. The number of halogens is 2. The van der Waals surface area contributed by atoms with Crippen LogP contribution in [0.15, 0.2) is 43.0 Å². The van der Waals surface area contributed by atoms with Gasteiger partial charge in [-0.1, -0.05) is 6.07 Å². The van der Waals surface area contributed by atoms with Crippen LogP contribution in [0.5, 0.6) is 0 Å². The van der Waals surface area contributed by atoms with Gasteiger partial charge in [0.25, 0.3) is 5.91 Å².